The van der Waals surface area contributed by atoms with Crippen molar-refractivity contribution >= 4 is 46.2 Å². The Labute approximate surface area is 180 Å². The molecule has 4 aromatic rings. The molecule has 0 saturated carbocycles. The van der Waals surface area contributed by atoms with Crippen LogP contribution in [0.4, 0.5) is 10.1 Å². The number of aliphatic imine (C=N–C) groups is 1. The molecule has 2 aromatic heterocycles. The molecule has 0 atom stereocenters. The van der Waals surface area contributed by atoms with E-state index in [4.69, 9.17) is 11.6 Å². The number of pyridine rings is 1. The number of benzene rings is 2. The van der Waals surface area contributed by atoms with E-state index in [1.165, 1.54) is 30.1 Å². The van der Waals surface area contributed by atoms with Crippen LogP contribution in [-0.2, 0) is 6.54 Å². The number of nitrogens with one attached hydrogen (secondary N) is 3. The Morgan fingerprint density at radius 1 is 1.20 bits per heavy atom. The summed E-state index contributed by atoms with van der Waals surface area (Å²) in [6, 6.07) is 15.6. The molecule has 4 rings (SSSR count). The van der Waals surface area contributed by atoms with Crippen molar-refractivity contribution < 1.29 is 9.60 Å². The highest BCUT2D eigenvalue weighted by Gasteiger charge is 2.13. The van der Waals surface area contributed by atoms with Gasteiger partial charge in [-0.2, -0.15) is 0 Å². The minimum absolute atomic E-state index is 0.0563. The van der Waals surface area contributed by atoms with Crippen molar-refractivity contribution in [2.45, 2.75) is 11.4 Å². The van der Waals surface area contributed by atoms with Gasteiger partial charge in [0.25, 0.3) is 0 Å². The van der Waals surface area contributed by atoms with Crippen LogP contribution in [0.3, 0.4) is 0 Å². The zero-order valence-electron chi connectivity index (χ0n) is 15.4. The van der Waals surface area contributed by atoms with Crippen LogP contribution < -0.4 is 10.2 Å². The second-order valence-electron chi connectivity index (χ2n) is 6.15. The van der Waals surface area contributed by atoms with Gasteiger partial charge in [-0.25, -0.2) is 19.4 Å². The van der Waals surface area contributed by atoms with Crippen molar-refractivity contribution in [2.75, 3.05) is 0 Å². The van der Waals surface area contributed by atoms with Crippen molar-refractivity contribution in [3.8, 4) is 0 Å². The number of imidazole rings is 1. The molecule has 0 radical (unpaired) electrons. The minimum Gasteiger partial charge on any atom is -0.339 e. The molecule has 0 spiro atoms. The molecule has 0 aliphatic heterocycles. The number of amidine groups is 1. The molecule has 10 heteroatoms. The van der Waals surface area contributed by atoms with Gasteiger partial charge in [-0.3, -0.25) is 15.4 Å². The lowest BCUT2D eigenvalue weighted by atomic mass is 10.2. The molecule has 7 nitrogen and oxygen atoms in total. The molecule has 4 N–H and O–H groups in total. The topological polar surface area (TPSA) is 98.2 Å². The Balaban J connectivity index is 1.59. The molecule has 0 saturated heterocycles. The lowest BCUT2D eigenvalue weighted by Gasteiger charge is -2.06. The fourth-order valence-corrected chi connectivity index (χ4v) is 3.59. The number of aromatic amines is 1. The van der Waals surface area contributed by atoms with Gasteiger partial charge in [0.15, 0.2) is 11.5 Å². The highest BCUT2D eigenvalue weighted by atomic mass is 35.5. The van der Waals surface area contributed by atoms with E-state index in [-0.39, 0.29) is 10.9 Å². The van der Waals surface area contributed by atoms with E-state index >= 15 is 0 Å². The molecule has 2 heterocycles. The third kappa shape index (κ3) is 4.60. The van der Waals surface area contributed by atoms with E-state index in [0.29, 0.717) is 34.8 Å². The van der Waals surface area contributed by atoms with E-state index in [1.807, 2.05) is 30.3 Å². The van der Waals surface area contributed by atoms with Crippen LogP contribution in [0.5, 0.6) is 0 Å². The summed E-state index contributed by atoms with van der Waals surface area (Å²) in [7, 11) is 0. The van der Waals surface area contributed by atoms with Gasteiger partial charge in [-0.05, 0) is 48.3 Å². The van der Waals surface area contributed by atoms with Gasteiger partial charge in [0.2, 0.25) is 0 Å². The maximum absolute atomic E-state index is 13.4. The first kappa shape index (κ1) is 20.3. The smallest absolute Gasteiger partial charge is 0.178 e. The zero-order valence-corrected chi connectivity index (χ0v) is 17.0. The van der Waals surface area contributed by atoms with Gasteiger partial charge in [-0.15, -0.1) is 0 Å². The largest absolute Gasteiger partial charge is 0.339 e. The summed E-state index contributed by atoms with van der Waals surface area (Å²) in [5.74, 6) is 0.280. The number of hydrogen-bond acceptors (Lipinski definition) is 6. The maximum Gasteiger partial charge on any atom is 0.178 e. The van der Waals surface area contributed by atoms with E-state index in [9.17, 15) is 9.60 Å². The van der Waals surface area contributed by atoms with Gasteiger partial charge < -0.3 is 4.98 Å². The van der Waals surface area contributed by atoms with Crippen molar-refractivity contribution in [2.24, 2.45) is 4.99 Å². The molecular formula is C20H16ClFN6OS. The molecule has 152 valence electrons. The summed E-state index contributed by atoms with van der Waals surface area (Å²) in [4.78, 5) is 17.4. The Morgan fingerprint density at radius 3 is 2.80 bits per heavy atom. The van der Waals surface area contributed by atoms with Crippen molar-refractivity contribution in [1.29, 1.82) is 0 Å². The molecule has 0 aliphatic rings. The maximum atomic E-state index is 13.4. The van der Waals surface area contributed by atoms with Crippen molar-refractivity contribution in [3.63, 3.8) is 0 Å². The van der Waals surface area contributed by atoms with Gasteiger partial charge in [-0.1, -0.05) is 29.8 Å². The number of rotatable bonds is 6. The number of halogens is 2. The SMILES string of the molecule is ONC(=Nc1ccc(F)c(Cl)c1)c1ccnc2nc(CNSc3ccccc3)[nH]c12. The Morgan fingerprint density at radius 2 is 2.03 bits per heavy atom. The summed E-state index contributed by atoms with van der Waals surface area (Å²) in [6.45, 7) is 0.474. The highest BCUT2D eigenvalue weighted by molar-refractivity contribution is 7.97. The molecule has 30 heavy (non-hydrogen) atoms. The highest BCUT2D eigenvalue weighted by Crippen LogP contribution is 2.23. The Hall–Kier alpha value is -2.98. The molecule has 0 fully saturated rings. The predicted octanol–water partition coefficient (Wildman–Crippen LogP) is 4.60. The first-order valence-electron chi connectivity index (χ1n) is 8.86. The van der Waals surface area contributed by atoms with Crippen LogP contribution in [-0.4, -0.2) is 26.0 Å². The Bertz CT molecular complexity index is 1200. The van der Waals surface area contributed by atoms with Crippen molar-refractivity contribution in [1.82, 2.24) is 25.2 Å². The Kier molecular flexibility index (Phi) is 6.24. The van der Waals surface area contributed by atoms with E-state index < -0.39 is 5.82 Å². The number of hydrogen-bond donors (Lipinski definition) is 4. The van der Waals surface area contributed by atoms with Crippen LogP contribution >= 0.6 is 23.5 Å². The summed E-state index contributed by atoms with van der Waals surface area (Å²) < 4.78 is 16.6. The standard InChI is InChI=1S/C20H16ClFN6OS/c21-15-10-12(6-7-16(15)22)25-19(28-29)14-8-9-23-20-18(14)26-17(27-20)11-24-30-13-4-2-1-3-5-13/h1-10,24,29H,11H2,(H,25,28)(H,23,26,27). The third-order valence-corrected chi connectivity index (χ3v) is 5.21. The fourth-order valence-electron chi connectivity index (χ4n) is 2.75. The second kappa shape index (κ2) is 9.23. The first-order chi connectivity index (χ1) is 14.6. The van der Waals surface area contributed by atoms with Crippen LogP contribution in [0.15, 0.2) is 70.7 Å². The van der Waals surface area contributed by atoms with E-state index in [2.05, 4.69) is 30.1 Å². The average Bonchev–Trinajstić information content (AvgIpc) is 3.18. The van der Waals surface area contributed by atoms with Gasteiger partial charge in [0.05, 0.1) is 22.8 Å². The van der Waals surface area contributed by atoms with Crippen LogP contribution in [0.1, 0.15) is 11.4 Å². The third-order valence-electron chi connectivity index (χ3n) is 4.12. The second-order valence-corrected chi connectivity index (χ2v) is 7.52. The quantitative estimate of drug-likeness (QED) is 0.151. The molecule has 0 bridgehead atoms. The molecule has 0 amide bonds. The van der Waals surface area contributed by atoms with Gasteiger partial charge in [0.1, 0.15) is 11.6 Å². The van der Waals surface area contributed by atoms with Crippen LogP contribution in [0.25, 0.3) is 11.2 Å². The number of aromatic nitrogens is 3. The van der Waals surface area contributed by atoms with Gasteiger partial charge >= 0.3 is 0 Å². The molecule has 2 aromatic carbocycles. The summed E-state index contributed by atoms with van der Waals surface area (Å²) in [5.41, 5.74) is 4.10. The lowest BCUT2D eigenvalue weighted by molar-refractivity contribution is 0.235. The van der Waals surface area contributed by atoms with Crippen LogP contribution in [0.2, 0.25) is 5.02 Å². The zero-order chi connectivity index (χ0) is 20.9. The average molecular weight is 443 g/mol. The first-order valence-corrected chi connectivity index (χ1v) is 10.1. The number of H-pyrrole nitrogens is 1. The summed E-state index contributed by atoms with van der Waals surface area (Å²) in [6.07, 6.45) is 1.57. The fraction of sp³-hybridized carbons (Fsp3) is 0.0500. The number of hydroxylamine groups is 1. The van der Waals surface area contributed by atoms with Gasteiger partial charge in [0, 0.05) is 16.7 Å². The lowest BCUT2D eigenvalue weighted by Crippen LogP contribution is -2.20. The summed E-state index contributed by atoms with van der Waals surface area (Å²) >= 11 is 7.31. The molecule has 0 aliphatic carbocycles. The minimum atomic E-state index is -0.542. The van der Waals surface area contributed by atoms with E-state index in [0.717, 1.165) is 4.90 Å². The number of nitrogens with zero attached hydrogens (tertiary/aromatic N) is 3. The number of fused-ring (bicyclic) bond motifs is 1. The van der Waals surface area contributed by atoms with Crippen molar-refractivity contribution in [3.05, 3.63) is 83.0 Å². The molecular weight excluding hydrogens is 427 g/mol. The normalized spacial score (nSPS) is 11.8. The monoisotopic (exact) mass is 442 g/mol. The van der Waals surface area contributed by atoms with E-state index in [1.54, 1.807) is 12.3 Å². The predicted molar refractivity (Wildman–Crippen MR) is 116 cm³/mol. The summed E-state index contributed by atoms with van der Waals surface area (Å²) in [5, 5.41) is 9.58. The molecule has 0 unspecified atom stereocenters. The van der Waals surface area contributed by atoms with Crippen LogP contribution in [0, 0.1) is 5.82 Å².